The van der Waals surface area contributed by atoms with Crippen LogP contribution in [0.3, 0.4) is 0 Å². The van der Waals surface area contributed by atoms with Crippen LogP contribution in [0.2, 0.25) is 0 Å². The highest BCUT2D eigenvalue weighted by Crippen LogP contribution is 2.27. The molecule has 3 heteroatoms. The second-order valence-corrected chi connectivity index (χ2v) is 2.69. The van der Waals surface area contributed by atoms with Crippen LogP contribution < -0.4 is 9.47 Å². The van der Waals surface area contributed by atoms with Gasteiger partial charge < -0.3 is 9.47 Å². The molecule has 0 aromatic heterocycles. The van der Waals surface area contributed by atoms with E-state index in [1.807, 2.05) is 12.1 Å². The summed E-state index contributed by atoms with van der Waals surface area (Å²) in [5.74, 6) is 0.978. The van der Waals surface area contributed by atoms with Crippen molar-refractivity contribution in [1.29, 1.82) is 0 Å². The Morgan fingerprint density at radius 2 is 2.21 bits per heavy atom. The molecule has 0 unspecified atom stereocenters. The third-order valence-corrected chi connectivity index (χ3v) is 1.78. The van der Waals surface area contributed by atoms with Crippen molar-refractivity contribution in [2.24, 2.45) is 0 Å². The van der Waals surface area contributed by atoms with Crippen LogP contribution >= 0.6 is 0 Å². The van der Waals surface area contributed by atoms with Crippen molar-refractivity contribution in [3.8, 4) is 11.5 Å². The molecule has 0 atom stereocenters. The smallest absolute Gasteiger partial charge is 0.298 e. The van der Waals surface area contributed by atoms with Gasteiger partial charge in [-0.2, -0.15) is 0 Å². The molecule has 0 N–H and O–H groups in total. The fraction of sp³-hybridized carbons (Fsp3) is 0.182. The molecule has 0 spiro atoms. The van der Waals surface area contributed by atoms with Gasteiger partial charge >= 0.3 is 0 Å². The Hall–Kier alpha value is -1.77. The fourth-order valence-electron chi connectivity index (χ4n) is 1.15. The molecule has 0 aliphatic carbocycles. The first-order valence-corrected chi connectivity index (χ1v) is 4.20. The van der Waals surface area contributed by atoms with E-state index in [4.69, 9.17) is 9.47 Å². The zero-order valence-corrected chi connectivity index (χ0v) is 8.03. The maximum atomic E-state index is 10.2. The van der Waals surface area contributed by atoms with E-state index in [0.717, 1.165) is 12.0 Å². The molecule has 0 heterocycles. The molecule has 0 aliphatic heterocycles. The molecule has 1 aromatic carbocycles. The number of benzene rings is 1. The van der Waals surface area contributed by atoms with Crippen LogP contribution in [0.25, 0.3) is 0 Å². The van der Waals surface area contributed by atoms with Gasteiger partial charge in [-0.25, -0.2) is 0 Å². The molecule has 14 heavy (non-hydrogen) atoms. The molecule has 0 aliphatic rings. The highest BCUT2D eigenvalue weighted by atomic mass is 16.5. The Bertz CT molecular complexity index is 331. The van der Waals surface area contributed by atoms with Gasteiger partial charge in [0.05, 0.1) is 7.11 Å². The van der Waals surface area contributed by atoms with Crippen LogP contribution in [0.4, 0.5) is 0 Å². The molecule has 1 aromatic rings. The number of rotatable bonds is 5. The lowest BCUT2D eigenvalue weighted by Crippen LogP contribution is -1.94. The van der Waals surface area contributed by atoms with Crippen molar-refractivity contribution >= 4 is 6.47 Å². The van der Waals surface area contributed by atoms with Crippen molar-refractivity contribution in [2.45, 2.75) is 6.42 Å². The lowest BCUT2D eigenvalue weighted by molar-refractivity contribution is -0.120. The number of allylic oxidation sites excluding steroid dienone is 1. The highest BCUT2D eigenvalue weighted by Gasteiger charge is 2.04. The average Bonchev–Trinajstić information content (AvgIpc) is 2.21. The van der Waals surface area contributed by atoms with Gasteiger partial charge in [0.1, 0.15) is 0 Å². The van der Waals surface area contributed by atoms with Crippen LogP contribution in [0.5, 0.6) is 11.5 Å². The number of hydrogen-bond donors (Lipinski definition) is 0. The molecule has 74 valence electrons. The predicted octanol–water partition coefficient (Wildman–Crippen LogP) is 1.96. The minimum absolute atomic E-state index is 0.380. The molecular formula is C11H12O3. The Kier molecular flexibility index (Phi) is 3.73. The van der Waals surface area contributed by atoms with Gasteiger partial charge in [-0.3, -0.25) is 4.79 Å². The third kappa shape index (κ3) is 2.36. The van der Waals surface area contributed by atoms with Gasteiger partial charge in [0.15, 0.2) is 11.5 Å². The van der Waals surface area contributed by atoms with E-state index in [1.165, 1.54) is 7.11 Å². The van der Waals surface area contributed by atoms with E-state index < -0.39 is 0 Å². The van der Waals surface area contributed by atoms with E-state index in [1.54, 1.807) is 12.1 Å². The van der Waals surface area contributed by atoms with Crippen molar-refractivity contribution < 1.29 is 14.3 Å². The molecule has 0 bridgehead atoms. The first-order valence-electron chi connectivity index (χ1n) is 4.20. The van der Waals surface area contributed by atoms with Crippen molar-refractivity contribution in [3.05, 3.63) is 36.4 Å². The minimum Gasteiger partial charge on any atom is -0.493 e. The SMILES string of the molecule is C=CCc1ccc(OC=O)c(OC)c1. The predicted molar refractivity (Wildman–Crippen MR) is 53.6 cm³/mol. The number of methoxy groups -OCH3 is 1. The highest BCUT2D eigenvalue weighted by molar-refractivity contribution is 5.52. The van der Waals surface area contributed by atoms with Gasteiger partial charge in [-0.1, -0.05) is 12.1 Å². The summed E-state index contributed by atoms with van der Waals surface area (Å²) in [7, 11) is 1.53. The Balaban J connectivity index is 2.97. The summed E-state index contributed by atoms with van der Waals surface area (Å²) in [5.41, 5.74) is 1.06. The van der Waals surface area contributed by atoms with Gasteiger partial charge in [0.2, 0.25) is 0 Å². The van der Waals surface area contributed by atoms with E-state index >= 15 is 0 Å². The van der Waals surface area contributed by atoms with Gasteiger partial charge in [-0.15, -0.1) is 6.58 Å². The van der Waals surface area contributed by atoms with Crippen LogP contribution in [0.15, 0.2) is 30.9 Å². The first-order chi connectivity index (χ1) is 6.81. The topological polar surface area (TPSA) is 35.5 Å². The molecule has 0 amide bonds. The van der Waals surface area contributed by atoms with Crippen molar-refractivity contribution in [3.63, 3.8) is 0 Å². The Morgan fingerprint density at radius 3 is 2.79 bits per heavy atom. The second kappa shape index (κ2) is 5.07. The van der Waals surface area contributed by atoms with Crippen LogP contribution in [-0.2, 0) is 11.2 Å². The van der Waals surface area contributed by atoms with Crippen LogP contribution in [-0.4, -0.2) is 13.6 Å². The van der Waals surface area contributed by atoms with E-state index in [2.05, 4.69) is 6.58 Å². The maximum Gasteiger partial charge on any atom is 0.298 e. The molecule has 0 radical (unpaired) electrons. The summed E-state index contributed by atoms with van der Waals surface area (Å²) in [4.78, 5) is 10.2. The van der Waals surface area contributed by atoms with Gasteiger partial charge in [0.25, 0.3) is 6.47 Å². The normalized spacial score (nSPS) is 9.21. The summed E-state index contributed by atoms with van der Waals surface area (Å²) < 4.78 is 9.80. The Labute approximate surface area is 83.0 Å². The summed E-state index contributed by atoms with van der Waals surface area (Å²) in [6.07, 6.45) is 2.56. The zero-order chi connectivity index (χ0) is 10.4. The third-order valence-electron chi connectivity index (χ3n) is 1.78. The van der Waals surface area contributed by atoms with E-state index in [-0.39, 0.29) is 0 Å². The lowest BCUT2D eigenvalue weighted by atomic mass is 10.1. The number of carbonyl (C=O) groups is 1. The molecule has 0 saturated carbocycles. The maximum absolute atomic E-state index is 10.2. The summed E-state index contributed by atoms with van der Waals surface area (Å²) >= 11 is 0. The van der Waals surface area contributed by atoms with E-state index in [0.29, 0.717) is 18.0 Å². The Morgan fingerprint density at radius 1 is 1.43 bits per heavy atom. The average molecular weight is 192 g/mol. The van der Waals surface area contributed by atoms with Crippen LogP contribution in [0.1, 0.15) is 5.56 Å². The van der Waals surface area contributed by atoms with Crippen LogP contribution in [0, 0.1) is 0 Å². The minimum atomic E-state index is 0.380. The fourth-order valence-corrected chi connectivity index (χ4v) is 1.15. The van der Waals surface area contributed by atoms with Gasteiger partial charge in [-0.05, 0) is 24.1 Å². The zero-order valence-electron chi connectivity index (χ0n) is 8.03. The quantitative estimate of drug-likeness (QED) is 0.528. The van der Waals surface area contributed by atoms with Crippen molar-refractivity contribution in [1.82, 2.24) is 0 Å². The van der Waals surface area contributed by atoms with Crippen molar-refractivity contribution in [2.75, 3.05) is 7.11 Å². The summed E-state index contributed by atoms with van der Waals surface area (Å²) in [6.45, 7) is 4.02. The molecule has 0 fully saturated rings. The molecule has 1 rings (SSSR count). The monoisotopic (exact) mass is 192 g/mol. The lowest BCUT2D eigenvalue weighted by Gasteiger charge is -2.07. The van der Waals surface area contributed by atoms with Gasteiger partial charge in [0, 0.05) is 0 Å². The molecule has 0 saturated heterocycles. The largest absolute Gasteiger partial charge is 0.493 e. The standard InChI is InChI=1S/C11H12O3/c1-3-4-9-5-6-10(14-8-12)11(7-9)13-2/h3,5-8H,1,4H2,2H3. The number of ether oxygens (including phenoxy) is 2. The molecular weight excluding hydrogens is 180 g/mol. The summed E-state index contributed by atoms with van der Waals surface area (Å²) in [5, 5.41) is 0. The second-order valence-electron chi connectivity index (χ2n) is 2.69. The first kappa shape index (κ1) is 10.3. The summed E-state index contributed by atoms with van der Waals surface area (Å²) in [6, 6.07) is 5.38. The number of hydrogen-bond acceptors (Lipinski definition) is 3. The van der Waals surface area contributed by atoms with E-state index in [9.17, 15) is 4.79 Å². The molecule has 3 nitrogen and oxygen atoms in total. The number of carbonyl (C=O) groups excluding carboxylic acids is 1.